The monoisotopic (exact) mass is 601 g/mol. The fourth-order valence-corrected chi connectivity index (χ4v) is 1.66. The van der Waals surface area contributed by atoms with Gasteiger partial charge in [0.1, 0.15) is 0 Å². The van der Waals surface area contributed by atoms with Gasteiger partial charge in [-0.05, 0) is 32.5 Å². The molecule has 0 aromatic carbocycles. The predicted octanol–water partition coefficient (Wildman–Crippen LogP) is 7.26. The van der Waals surface area contributed by atoms with Gasteiger partial charge in [-0.25, -0.2) is 0 Å². The van der Waals surface area contributed by atoms with Crippen molar-refractivity contribution in [1.82, 2.24) is 0 Å². The molecule has 0 saturated carbocycles. The van der Waals surface area contributed by atoms with Crippen LogP contribution >= 0.6 is 0 Å². The Morgan fingerprint density at radius 1 is 0.275 bits per heavy atom. The third-order valence-corrected chi connectivity index (χ3v) is 5.22. The summed E-state index contributed by atoms with van der Waals surface area (Å²) in [5, 5.41) is 0. The van der Waals surface area contributed by atoms with Crippen LogP contribution in [0.1, 0.15) is 125 Å². The van der Waals surface area contributed by atoms with Gasteiger partial charge in [0.15, 0.2) is 0 Å². The number of ketones is 6. The van der Waals surface area contributed by atoms with Gasteiger partial charge in [-0.2, -0.15) is 0 Å². The van der Waals surface area contributed by atoms with Gasteiger partial charge >= 0.3 is 17.4 Å². The second-order valence-electron chi connectivity index (χ2n) is 16.1. The van der Waals surface area contributed by atoms with Crippen molar-refractivity contribution < 1.29 is 46.1 Å². The molecule has 0 saturated heterocycles. The Kier molecular flexibility index (Phi) is 18.0. The molecular weight excluding hydrogens is 544 g/mol. The van der Waals surface area contributed by atoms with Crippen LogP contribution in [0, 0.1) is 51.8 Å². The molecule has 0 aliphatic rings. The standard InChI is InChI=1S/3C11H19O2.Cr/c3*1-10(2,3)8(12)7-9(13)11(4,5)6;/h3*7H,1-6H3;/q3*-1;+3. The van der Waals surface area contributed by atoms with Crippen molar-refractivity contribution in [3.63, 3.8) is 0 Å². The summed E-state index contributed by atoms with van der Waals surface area (Å²) in [5.74, 6) is -0.625. The van der Waals surface area contributed by atoms with E-state index in [1.54, 1.807) is 0 Å². The fourth-order valence-electron chi connectivity index (χ4n) is 1.66. The molecule has 0 aromatic rings. The van der Waals surface area contributed by atoms with E-state index in [0.717, 1.165) is 0 Å². The van der Waals surface area contributed by atoms with Crippen LogP contribution in [0.15, 0.2) is 0 Å². The number of carbonyl (C=O) groups excluding carboxylic acids is 6. The molecule has 0 aromatic heterocycles. The second-order valence-corrected chi connectivity index (χ2v) is 16.1. The Morgan fingerprint density at radius 3 is 0.400 bits per heavy atom. The summed E-state index contributed by atoms with van der Waals surface area (Å²) in [7, 11) is 0. The molecule has 1 radical (unpaired) electrons. The van der Waals surface area contributed by atoms with Crippen molar-refractivity contribution >= 4 is 34.7 Å². The van der Waals surface area contributed by atoms with Gasteiger partial charge in [-0.15, -0.1) is 0 Å². The number of carbonyl (C=O) groups is 6. The molecule has 0 fully saturated rings. The third-order valence-electron chi connectivity index (χ3n) is 5.22. The van der Waals surface area contributed by atoms with Crippen LogP contribution in [-0.2, 0) is 46.1 Å². The summed E-state index contributed by atoms with van der Waals surface area (Å²) in [6, 6.07) is 0. The average Bonchev–Trinajstić information content (AvgIpc) is 2.64. The van der Waals surface area contributed by atoms with Gasteiger partial charge in [0.05, 0.1) is 0 Å². The first kappa shape index (κ1) is 45.2. The molecular formula is C33H57CrO6. The smallest absolute Gasteiger partial charge is 0.333 e. The van der Waals surface area contributed by atoms with E-state index in [9.17, 15) is 28.8 Å². The zero-order valence-electron chi connectivity index (χ0n) is 28.6. The van der Waals surface area contributed by atoms with E-state index < -0.39 is 32.5 Å². The minimum atomic E-state index is -0.457. The molecule has 0 heterocycles. The molecule has 231 valence electrons. The van der Waals surface area contributed by atoms with E-state index in [-0.39, 0.29) is 52.1 Å². The minimum absolute atomic E-state index is 0. The normalized spacial score (nSPS) is 12.2. The van der Waals surface area contributed by atoms with E-state index in [1.165, 1.54) is 19.3 Å². The zero-order chi connectivity index (χ0) is 32.6. The van der Waals surface area contributed by atoms with Crippen molar-refractivity contribution in [3.8, 4) is 0 Å². The van der Waals surface area contributed by atoms with E-state index in [0.29, 0.717) is 0 Å². The van der Waals surface area contributed by atoms with Gasteiger partial charge in [0, 0.05) is 34.7 Å². The van der Waals surface area contributed by atoms with Crippen molar-refractivity contribution in [1.29, 1.82) is 0 Å². The molecule has 0 bridgehead atoms. The van der Waals surface area contributed by atoms with Crippen molar-refractivity contribution in [2.45, 2.75) is 125 Å². The quantitative estimate of drug-likeness (QED) is 0.235. The largest absolute Gasteiger partial charge is 3.00 e. The zero-order valence-corrected chi connectivity index (χ0v) is 29.9. The number of hydrogen-bond acceptors (Lipinski definition) is 6. The number of hydrogen-bond donors (Lipinski definition) is 0. The molecule has 0 aliphatic carbocycles. The number of rotatable bonds is 6. The Bertz CT molecular complexity index is 693. The van der Waals surface area contributed by atoms with E-state index in [2.05, 4.69) is 0 Å². The summed E-state index contributed by atoms with van der Waals surface area (Å²) < 4.78 is 0. The van der Waals surface area contributed by atoms with Crippen LogP contribution in [0.25, 0.3) is 0 Å². The van der Waals surface area contributed by atoms with Crippen LogP contribution in [-0.4, -0.2) is 34.7 Å². The minimum Gasteiger partial charge on any atom is -0.333 e. The van der Waals surface area contributed by atoms with E-state index >= 15 is 0 Å². The molecule has 0 aliphatic heterocycles. The van der Waals surface area contributed by atoms with Gasteiger partial charge in [0.2, 0.25) is 0 Å². The first-order valence-electron chi connectivity index (χ1n) is 13.5. The third kappa shape index (κ3) is 21.0. The van der Waals surface area contributed by atoms with Crippen molar-refractivity contribution in [2.24, 2.45) is 32.5 Å². The van der Waals surface area contributed by atoms with Gasteiger partial charge in [-0.1, -0.05) is 125 Å². The van der Waals surface area contributed by atoms with Crippen LogP contribution in [0.4, 0.5) is 0 Å². The topological polar surface area (TPSA) is 102 Å². The molecule has 0 atom stereocenters. The Balaban J connectivity index is -0.000000240. The summed E-state index contributed by atoms with van der Waals surface area (Å²) in [5.41, 5.74) is -2.74. The molecule has 0 amide bonds. The Morgan fingerprint density at radius 2 is 0.350 bits per heavy atom. The summed E-state index contributed by atoms with van der Waals surface area (Å²) in [4.78, 5) is 68.7. The molecule has 0 unspecified atom stereocenters. The maximum Gasteiger partial charge on any atom is 3.00 e. The van der Waals surface area contributed by atoms with E-state index in [1.807, 2.05) is 125 Å². The van der Waals surface area contributed by atoms with Crippen molar-refractivity contribution in [2.75, 3.05) is 0 Å². The number of Topliss-reactive ketones (excluding diaryl/α,β-unsaturated/α-hetero) is 6. The molecule has 40 heavy (non-hydrogen) atoms. The molecule has 0 spiro atoms. The Hall–Kier alpha value is -1.84. The van der Waals surface area contributed by atoms with Crippen LogP contribution in [0.2, 0.25) is 0 Å². The Labute approximate surface area is 256 Å². The summed E-state index contributed by atoms with van der Waals surface area (Å²) >= 11 is 0. The first-order chi connectivity index (χ1) is 16.6. The van der Waals surface area contributed by atoms with Crippen LogP contribution < -0.4 is 0 Å². The SMILES string of the molecule is CC(C)(C)C(=O)[CH-]C(=O)C(C)(C)C.CC(C)(C)C(=O)[CH-]C(=O)C(C)(C)C.CC(C)(C)C(=O)[CH-]C(=O)C(C)(C)C.[Cr+3]. The fraction of sp³-hybridized carbons (Fsp3) is 0.727. The van der Waals surface area contributed by atoms with Gasteiger partial charge in [0.25, 0.3) is 0 Å². The summed E-state index contributed by atoms with van der Waals surface area (Å²) in [6.45, 7) is 32.5. The average molecular weight is 602 g/mol. The van der Waals surface area contributed by atoms with Gasteiger partial charge < -0.3 is 28.8 Å². The first-order valence-corrected chi connectivity index (χ1v) is 13.5. The molecule has 6 nitrogen and oxygen atoms in total. The molecule has 0 rings (SSSR count). The molecule has 0 N–H and O–H groups in total. The van der Waals surface area contributed by atoms with Crippen LogP contribution in [0.5, 0.6) is 0 Å². The predicted molar refractivity (Wildman–Crippen MR) is 160 cm³/mol. The van der Waals surface area contributed by atoms with Crippen LogP contribution in [0.3, 0.4) is 0 Å². The van der Waals surface area contributed by atoms with E-state index in [4.69, 9.17) is 0 Å². The maximum absolute atomic E-state index is 11.4. The van der Waals surface area contributed by atoms with Crippen molar-refractivity contribution in [3.05, 3.63) is 19.3 Å². The van der Waals surface area contributed by atoms with Gasteiger partial charge in [-0.3, -0.25) is 19.3 Å². The summed E-state index contributed by atoms with van der Waals surface area (Å²) in [6.07, 6.45) is 3.67. The molecule has 7 heteroatoms. The second kappa shape index (κ2) is 16.0. The maximum atomic E-state index is 11.4.